The molecule has 0 saturated heterocycles. The molecule has 0 bridgehead atoms. The second kappa shape index (κ2) is 6.04. The zero-order chi connectivity index (χ0) is 13.1. The summed E-state index contributed by atoms with van der Waals surface area (Å²) >= 11 is 6.35. The van der Waals surface area contributed by atoms with Crippen LogP contribution in [0.4, 0.5) is 0 Å². The van der Waals surface area contributed by atoms with Crippen LogP contribution in [0.15, 0.2) is 0 Å². The minimum Gasteiger partial charge on any atom is -0.271 e. The van der Waals surface area contributed by atoms with E-state index in [1.165, 1.54) is 25.7 Å². The number of rotatable bonds is 5. The van der Waals surface area contributed by atoms with E-state index in [2.05, 4.69) is 17.4 Å². The van der Waals surface area contributed by atoms with Gasteiger partial charge in [0.15, 0.2) is 0 Å². The van der Waals surface area contributed by atoms with Crippen LogP contribution in [0, 0.1) is 12.8 Å². The predicted octanol–water partition coefficient (Wildman–Crippen LogP) is 2.43. The summed E-state index contributed by atoms with van der Waals surface area (Å²) in [5, 5.41) is 5.26. The van der Waals surface area contributed by atoms with Crippen molar-refractivity contribution in [2.75, 3.05) is 0 Å². The monoisotopic (exact) mass is 270 g/mol. The third-order valence-electron chi connectivity index (χ3n) is 4.05. The van der Waals surface area contributed by atoms with Crippen LogP contribution < -0.4 is 11.3 Å². The molecule has 0 aromatic carbocycles. The summed E-state index contributed by atoms with van der Waals surface area (Å²) < 4.78 is 2.00. The zero-order valence-corrected chi connectivity index (χ0v) is 12.0. The summed E-state index contributed by atoms with van der Waals surface area (Å²) in [5.74, 6) is 6.40. The lowest BCUT2D eigenvalue weighted by molar-refractivity contribution is 0.354. The summed E-state index contributed by atoms with van der Waals surface area (Å²) in [4.78, 5) is 0. The van der Waals surface area contributed by atoms with Crippen LogP contribution in [0.2, 0.25) is 5.02 Å². The van der Waals surface area contributed by atoms with Gasteiger partial charge in [-0.25, -0.2) is 0 Å². The lowest BCUT2D eigenvalue weighted by Crippen LogP contribution is -2.42. The van der Waals surface area contributed by atoms with Gasteiger partial charge in [0.05, 0.1) is 16.4 Å². The fourth-order valence-corrected chi connectivity index (χ4v) is 3.21. The number of nitrogens with two attached hydrogens (primary N) is 1. The molecule has 1 heterocycles. The van der Waals surface area contributed by atoms with Gasteiger partial charge in [-0.1, -0.05) is 24.4 Å². The Morgan fingerprint density at radius 3 is 2.72 bits per heavy atom. The van der Waals surface area contributed by atoms with Crippen LogP contribution in [0.5, 0.6) is 0 Å². The second-order valence-corrected chi connectivity index (χ2v) is 5.56. The molecule has 0 aliphatic heterocycles. The number of hydrazine groups is 1. The Morgan fingerprint density at radius 1 is 1.50 bits per heavy atom. The summed E-state index contributed by atoms with van der Waals surface area (Å²) in [6.07, 6.45) is 6.05. The van der Waals surface area contributed by atoms with Gasteiger partial charge in [0, 0.05) is 19.0 Å². The van der Waals surface area contributed by atoms with Crippen molar-refractivity contribution < 1.29 is 0 Å². The number of hydrogen-bond acceptors (Lipinski definition) is 3. The molecule has 0 spiro atoms. The van der Waals surface area contributed by atoms with Gasteiger partial charge in [-0.3, -0.25) is 16.0 Å². The van der Waals surface area contributed by atoms with E-state index in [4.69, 9.17) is 17.4 Å². The molecule has 5 heteroatoms. The molecule has 102 valence electrons. The number of halogens is 1. The van der Waals surface area contributed by atoms with Crippen molar-refractivity contribution in [3.05, 3.63) is 16.4 Å². The highest BCUT2D eigenvalue weighted by molar-refractivity contribution is 6.31. The second-order valence-electron chi connectivity index (χ2n) is 5.18. The van der Waals surface area contributed by atoms with Gasteiger partial charge >= 0.3 is 0 Å². The van der Waals surface area contributed by atoms with E-state index in [9.17, 15) is 0 Å². The van der Waals surface area contributed by atoms with Crippen LogP contribution in [-0.4, -0.2) is 15.8 Å². The van der Waals surface area contributed by atoms with E-state index in [0.717, 1.165) is 29.4 Å². The molecule has 0 radical (unpaired) electrons. The van der Waals surface area contributed by atoms with Crippen LogP contribution >= 0.6 is 11.6 Å². The highest BCUT2D eigenvalue weighted by Gasteiger charge is 2.26. The topological polar surface area (TPSA) is 55.9 Å². The summed E-state index contributed by atoms with van der Waals surface area (Å²) in [7, 11) is 0. The van der Waals surface area contributed by atoms with Crippen molar-refractivity contribution >= 4 is 11.6 Å². The number of aromatic nitrogens is 2. The van der Waals surface area contributed by atoms with Gasteiger partial charge in [0.25, 0.3) is 0 Å². The summed E-state index contributed by atoms with van der Waals surface area (Å²) in [6, 6.07) is 0.311. The Labute approximate surface area is 114 Å². The van der Waals surface area contributed by atoms with Gasteiger partial charge in [-0.15, -0.1) is 0 Å². The van der Waals surface area contributed by atoms with Gasteiger partial charge in [-0.05, 0) is 32.6 Å². The SMILES string of the molecule is CCn1nc(C)c(Cl)c1CC(NN)C1CCCC1. The van der Waals surface area contributed by atoms with Crippen molar-refractivity contribution in [3.63, 3.8) is 0 Å². The minimum atomic E-state index is 0.311. The Morgan fingerprint density at radius 2 is 2.17 bits per heavy atom. The summed E-state index contributed by atoms with van der Waals surface area (Å²) in [5.41, 5.74) is 5.01. The minimum absolute atomic E-state index is 0.311. The fraction of sp³-hybridized carbons (Fsp3) is 0.769. The van der Waals surface area contributed by atoms with E-state index in [0.29, 0.717) is 12.0 Å². The maximum Gasteiger partial charge on any atom is 0.0847 e. The lowest BCUT2D eigenvalue weighted by Gasteiger charge is -2.23. The lowest BCUT2D eigenvalue weighted by atomic mass is 9.94. The van der Waals surface area contributed by atoms with E-state index in [-0.39, 0.29) is 0 Å². The third kappa shape index (κ3) is 2.71. The number of hydrogen-bond donors (Lipinski definition) is 2. The molecule has 1 aromatic rings. The van der Waals surface area contributed by atoms with Crippen molar-refractivity contribution in [1.29, 1.82) is 0 Å². The average Bonchev–Trinajstić information content (AvgIpc) is 2.98. The van der Waals surface area contributed by atoms with Crippen LogP contribution in [0.3, 0.4) is 0 Å². The highest BCUT2D eigenvalue weighted by atomic mass is 35.5. The van der Waals surface area contributed by atoms with Crippen LogP contribution in [0.1, 0.15) is 44.0 Å². The molecular formula is C13H23ClN4. The Kier molecular flexibility index (Phi) is 4.65. The van der Waals surface area contributed by atoms with Gasteiger partial charge < -0.3 is 0 Å². The molecule has 1 unspecified atom stereocenters. The molecule has 4 nitrogen and oxygen atoms in total. The first-order valence-corrected chi connectivity index (χ1v) is 7.23. The first-order chi connectivity index (χ1) is 8.67. The molecule has 0 amide bonds. The highest BCUT2D eigenvalue weighted by Crippen LogP contribution is 2.30. The van der Waals surface area contributed by atoms with Crippen molar-refractivity contribution in [2.24, 2.45) is 11.8 Å². The number of aryl methyl sites for hydroxylation is 2. The van der Waals surface area contributed by atoms with Gasteiger partial charge in [0.2, 0.25) is 0 Å². The zero-order valence-electron chi connectivity index (χ0n) is 11.2. The standard InChI is InChI=1S/C13H23ClN4/c1-3-18-12(13(14)9(2)17-18)8-11(16-15)10-6-4-5-7-10/h10-11,16H,3-8,15H2,1-2H3. The largest absolute Gasteiger partial charge is 0.271 e. The Hall–Kier alpha value is -0.580. The smallest absolute Gasteiger partial charge is 0.0847 e. The van der Waals surface area contributed by atoms with E-state index >= 15 is 0 Å². The van der Waals surface area contributed by atoms with E-state index in [1.54, 1.807) is 0 Å². The van der Waals surface area contributed by atoms with Gasteiger partial charge in [-0.2, -0.15) is 5.10 Å². The molecule has 3 N–H and O–H groups in total. The van der Waals surface area contributed by atoms with Crippen molar-refractivity contribution in [2.45, 2.75) is 58.5 Å². The fourth-order valence-electron chi connectivity index (χ4n) is 2.99. The molecule has 2 rings (SSSR count). The predicted molar refractivity (Wildman–Crippen MR) is 74.4 cm³/mol. The third-order valence-corrected chi connectivity index (χ3v) is 4.54. The van der Waals surface area contributed by atoms with Crippen LogP contribution in [-0.2, 0) is 13.0 Å². The average molecular weight is 271 g/mol. The molecule has 1 aromatic heterocycles. The first kappa shape index (κ1) is 13.8. The first-order valence-electron chi connectivity index (χ1n) is 6.85. The molecule has 1 aliphatic rings. The Bertz CT molecular complexity index is 396. The molecule has 18 heavy (non-hydrogen) atoms. The van der Waals surface area contributed by atoms with Crippen molar-refractivity contribution in [3.8, 4) is 0 Å². The molecule has 1 fully saturated rings. The maximum absolute atomic E-state index is 6.35. The maximum atomic E-state index is 6.35. The van der Waals surface area contributed by atoms with Crippen molar-refractivity contribution in [1.82, 2.24) is 15.2 Å². The Balaban J connectivity index is 2.15. The number of nitrogens with zero attached hydrogens (tertiary/aromatic N) is 2. The summed E-state index contributed by atoms with van der Waals surface area (Å²) in [6.45, 7) is 4.90. The van der Waals surface area contributed by atoms with Gasteiger partial charge in [0.1, 0.15) is 0 Å². The molecular weight excluding hydrogens is 248 g/mol. The molecule has 1 aliphatic carbocycles. The van der Waals surface area contributed by atoms with E-state index in [1.807, 2.05) is 11.6 Å². The number of nitrogens with one attached hydrogen (secondary N) is 1. The van der Waals surface area contributed by atoms with E-state index < -0.39 is 0 Å². The molecule has 1 saturated carbocycles. The normalized spacial score (nSPS) is 18.4. The quantitative estimate of drug-likeness (QED) is 0.638. The molecule has 1 atom stereocenters. The van der Waals surface area contributed by atoms with Crippen LogP contribution in [0.25, 0.3) is 0 Å².